The summed E-state index contributed by atoms with van der Waals surface area (Å²) in [4.78, 5) is 11.9. The molecule has 0 aliphatic heterocycles. The van der Waals surface area contributed by atoms with Crippen LogP contribution in [0.1, 0.15) is 50.1 Å². The molecule has 0 saturated carbocycles. The van der Waals surface area contributed by atoms with E-state index in [-0.39, 0.29) is 25.9 Å². The van der Waals surface area contributed by atoms with E-state index in [1.807, 2.05) is 82.3 Å². The van der Waals surface area contributed by atoms with E-state index in [2.05, 4.69) is 18.8 Å². The second kappa shape index (κ2) is 14.8. The third kappa shape index (κ3) is 10.1. The number of amides is 1. The molecule has 1 radical (unpaired) electrons. The molecule has 0 atom stereocenters. The minimum absolute atomic E-state index is 0. The molecule has 0 bridgehead atoms. The summed E-state index contributed by atoms with van der Waals surface area (Å²) in [5.41, 5.74) is 3.83. The van der Waals surface area contributed by atoms with Gasteiger partial charge in [-0.25, -0.2) is 0 Å². The zero-order valence-corrected chi connectivity index (χ0v) is 16.9. The molecule has 0 saturated heterocycles. The topological polar surface area (TPSA) is 29.1 Å². The fourth-order valence-corrected chi connectivity index (χ4v) is 1.55. The average Bonchev–Trinajstić information content (AvgIpc) is 2.59. The molecule has 2 aromatic carbocycles. The number of benzene rings is 2. The first-order valence-corrected chi connectivity index (χ1v) is 8.12. The van der Waals surface area contributed by atoms with Gasteiger partial charge in [0.2, 0.25) is 0 Å². The van der Waals surface area contributed by atoms with Crippen LogP contribution in [0.5, 0.6) is 0 Å². The van der Waals surface area contributed by atoms with Crippen molar-refractivity contribution in [1.29, 1.82) is 0 Å². The zero-order valence-electron chi connectivity index (χ0n) is 15.5. The van der Waals surface area contributed by atoms with Crippen molar-refractivity contribution in [3.63, 3.8) is 0 Å². The molecular formula is C21H31NOV. The average molecular weight is 364 g/mol. The normalized spacial score (nSPS) is 8.38. The van der Waals surface area contributed by atoms with E-state index >= 15 is 0 Å². The van der Waals surface area contributed by atoms with Crippen LogP contribution in [0.3, 0.4) is 0 Å². The predicted octanol–water partition coefficient (Wildman–Crippen LogP) is 6.41. The van der Waals surface area contributed by atoms with Gasteiger partial charge >= 0.3 is 0 Å². The van der Waals surface area contributed by atoms with Crippen LogP contribution < -0.4 is 5.32 Å². The number of carbonyl (C=O) groups is 1. The van der Waals surface area contributed by atoms with Gasteiger partial charge in [-0.3, -0.25) is 4.79 Å². The third-order valence-corrected chi connectivity index (χ3v) is 2.91. The molecule has 0 spiro atoms. The van der Waals surface area contributed by atoms with Gasteiger partial charge in [0.15, 0.2) is 0 Å². The second-order valence-electron chi connectivity index (χ2n) is 4.88. The Hall–Kier alpha value is -1.77. The fraction of sp³-hybridized carbons (Fsp3) is 0.286. The number of hydrogen-bond acceptors (Lipinski definition) is 1. The Morgan fingerprint density at radius 2 is 1.38 bits per heavy atom. The molecule has 3 heteroatoms. The summed E-state index contributed by atoms with van der Waals surface area (Å²) in [5.74, 6) is -0.0751. The minimum Gasteiger partial charge on any atom is -0.322 e. The largest absolute Gasteiger partial charge is 0.322 e. The number of allylic oxidation sites excluding steroid dienone is 1. The van der Waals surface area contributed by atoms with Crippen LogP contribution in [-0.4, -0.2) is 5.91 Å². The van der Waals surface area contributed by atoms with Crippen LogP contribution in [0, 0.1) is 13.8 Å². The number of carbonyl (C=O) groups excluding carboxylic acids is 1. The number of aryl methyl sites for hydroxylation is 2. The molecule has 2 aromatic rings. The van der Waals surface area contributed by atoms with E-state index in [1.165, 1.54) is 5.56 Å². The first-order valence-electron chi connectivity index (χ1n) is 8.12. The van der Waals surface area contributed by atoms with Crippen LogP contribution in [0.15, 0.2) is 61.2 Å². The van der Waals surface area contributed by atoms with E-state index in [9.17, 15) is 4.79 Å². The van der Waals surface area contributed by atoms with E-state index in [1.54, 1.807) is 0 Å². The standard InChI is InChI=1S/C15H15NO.C4H8.C2H6.V.H2/c1-11-3-7-13(8-4-11)15(17)16-14-9-5-12(2)6-10-14;1-3-4-2;1-2;;/h3-10H,1-2H3,(H,16,17);3H,1,4H2,2H3;1-2H3;;1H. The van der Waals surface area contributed by atoms with Gasteiger partial charge in [0.1, 0.15) is 0 Å². The smallest absolute Gasteiger partial charge is 0.255 e. The number of anilines is 1. The maximum Gasteiger partial charge on any atom is 0.255 e. The summed E-state index contributed by atoms with van der Waals surface area (Å²) in [6, 6.07) is 15.3. The third-order valence-electron chi connectivity index (χ3n) is 2.91. The molecule has 1 amide bonds. The van der Waals surface area contributed by atoms with Crippen molar-refractivity contribution < 1.29 is 24.8 Å². The number of hydrogen-bond donors (Lipinski definition) is 1. The van der Waals surface area contributed by atoms with Crippen LogP contribution in [0.25, 0.3) is 0 Å². The van der Waals surface area contributed by atoms with E-state index < -0.39 is 0 Å². The molecule has 0 aromatic heterocycles. The van der Waals surface area contributed by atoms with Crippen LogP contribution in [-0.2, 0) is 18.6 Å². The second-order valence-corrected chi connectivity index (χ2v) is 4.88. The molecule has 0 fully saturated rings. The van der Waals surface area contributed by atoms with Crippen molar-refractivity contribution in [1.82, 2.24) is 0 Å². The zero-order chi connectivity index (χ0) is 17.7. The molecule has 24 heavy (non-hydrogen) atoms. The molecular weight excluding hydrogens is 333 g/mol. The van der Waals surface area contributed by atoms with Crippen LogP contribution in [0.4, 0.5) is 5.69 Å². The van der Waals surface area contributed by atoms with E-state index in [0.29, 0.717) is 5.56 Å². The Morgan fingerprint density at radius 1 is 1.00 bits per heavy atom. The SMILES string of the molecule is C=CCC.CC.Cc1ccc(NC(=O)c2ccc(C)cc2)cc1.[HH].[V]. The quantitative estimate of drug-likeness (QED) is 0.627. The Morgan fingerprint density at radius 3 is 1.75 bits per heavy atom. The van der Waals surface area contributed by atoms with Crippen LogP contribution in [0.2, 0.25) is 0 Å². The van der Waals surface area contributed by atoms with Gasteiger partial charge in [-0.2, -0.15) is 0 Å². The van der Waals surface area contributed by atoms with Gasteiger partial charge in [0.05, 0.1) is 0 Å². The predicted molar refractivity (Wildman–Crippen MR) is 104 cm³/mol. The summed E-state index contributed by atoms with van der Waals surface area (Å²) in [6.45, 7) is 13.6. The molecule has 1 N–H and O–H groups in total. The number of nitrogens with one attached hydrogen (secondary N) is 1. The summed E-state index contributed by atoms with van der Waals surface area (Å²) < 4.78 is 0. The Balaban J connectivity index is -0.000000536. The monoisotopic (exact) mass is 364 g/mol. The molecule has 131 valence electrons. The summed E-state index contributed by atoms with van der Waals surface area (Å²) >= 11 is 0. The Bertz CT molecular complexity index is 580. The van der Waals surface area contributed by atoms with Gasteiger partial charge in [0, 0.05) is 31.2 Å². The molecule has 0 heterocycles. The van der Waals surface area contributed by atoms with Gasteiger partial charge in [-0.1, -0.05) is 62.2 Å². The molecule has 0 aliphatic carbocycles. The van der Waals surface area contributed by atoms with Crippen molar-refractivity contribution >= 4 is 11.6 Å². The van der Waals surface area contributed by atoms with Crippen molar-refractivity contribution in [2.24, 2.45) is 0 Å². The van der Waals surface area contributed by atoms with Gasteiger partial charge < -0.3 is 5.32 Å². The van der Waals surface area contributed by atoms with Crippen molar-refractivity contribution in [3.8, 4) is 0 Å². The Labute approximate surface area is 160 Å². The molecule has 2 rings (SSSR count). The van der Waals surface area contributed by atoms with Gasteiger partial charge in [0.25, 0.3) is 5.91 Å². The molecule has 0 aliphatic rings. The first-order chi connectivity index (χ1) is 11.1. The number of rotatable bonds is 3. The molecule has 2 nitrogen and oxygen atoms in total. The maximum atomic E-state index is 11.9. The fourth-order valence-electron chi connectivity index (χ4n) is 1.55. The van der Waals surface area contributed by atoms with E-state index in [0.717, 1.165) is 17.7 Å². The Kier molecular flexibility index (Phi) is 15.1. The molecule has 0 unspecified atom stereocenters. The van der Waals surface area contributed by atoms with Gasteiger partial charge in [-0.05, 0) is 44.5 Å². The summed E-state index contributed by atoms with van der Waals surface area (Å²) in [6.07, 6.45) is 2.96. The van der Waals surface area contributed by atoms with E-state index in [4.69, 9.17) is 0 Å². The van der Waals surface area contributed by atoms with Crippen molar-refractivity contribution in [2.45, 2.75) is 41.0 Å². The minimum atomic E-state index is -0.0751. The van der Waals surface area contributed by atoms with Gasteiger partial charge in [-0.15, -0.1) is 6.58 Å². The maximum absolute atomic E-state index is 11.9. The van der Waals surface area contributed by atoms with Crippen molar-refractivity contribution in [2.75, 3.05) is 5.32 Å². The van der Waals surface area contributed by atoms with Crippen molar-refractivity contribution in [3.05, 3.63) is 77.9 Å². The summed E-state index contributed by atoms with van der Waals surface area (Å²) in [5, 5.41) is 2.87. The van der Waals surface area contributed by atoms with Crippen LogP contribution >= 0.6 is 0 Å². The summed E-state index contributed by atoms with van der Waals surface area (Å²) in [7, 11) is 0. The first kappa shape index (κ1) is 24.5.